The second kappa shape index (κ2) is 5.99. The zero-order valence-corrected chi connectivity index (χ0v) is 11.1. The van der Waals surface area contributed by atoms with Crippen LogP contribution in [-0.4, -0.2) is 13.3 Å². The van der Waals surface area contributed by atoms with Crippen molar-refractivity contribution in [1.82, 2.24) is 0 Å². The van der Waals surface area contributed by atoms with Gasteiger partial charge in [0, 0.05) is 0 Å². The summed E-state index contributed by atoms with van der Waals surface area (Å²) in [5.41, 5.74) is -0.496. The third-order valence-electron chi connectivity index (χ3n) is 2.89. The largest absolute Gasteiger partial charge is 0.497 e. The molecule has 0 aliphatic carbocycles. The van der Waals surface area contributed by atoms with Crippen molar-refractivity contribution < 1.29 is 22.3 Å². The lowest BCUT2D eigenvalue weighted by molar-refractivity contribution is -0.0683. The molecule has 0 aliphatic heterocycles. The van der Waals surface area contributed by atoms with Crippen molar-refractivity contribution >= 4 is 11.6 Å². The first-order valence-corrected chi connectivity index (χ1v) is 6.09. The average Bonchev–Trinajstić information content (AvgIpc) is 2.45. The van der Waals surface area contributed by atoms with Crippen molar-refractivity contribution in [3.05, 3.63) is 65.5 Å². The van der Waals surface area contributed by atoms with E-state index in [-0.39, 0.29) is 11.1 Å². The first kappa shape index (κ1) is 15.1. The van der Waals surface area contributed by atoms with E-state index in [0.29, 0.717) is 5.75 Å². The molecule has 0 atom stereocenters. The number of methoxy groups -OCH3 is 1. The molecule has 1 nitrogen and oxygen atoms in total. The summed E-state index contributed by atoms with van der Waals surface area (Å²) in [6.07, 6.45) is -3.52. The third-order valence-corrected chi connectivity index (χ3v) is 2.89. The van der Waals surface area contributed by atoms with E-state index >= 15 is 0 Å². The van der Waals surface area contributed by atoms with Gasteiger partial charge in [-0.05, 0) is 41.5 Å². The number of allylic oxidation sites excluding steroid dienone is 1. The Morgan fingerprint density at radius 1 is 0.952 bits per heavy atom. The van der Waals surface area contributed by atoms with E-state index < -0.39 is 17.6 Å². The highest BCUT2D eigenvalue weighted by Gasteiger charge is 2.34. The molecule has 0 heterocycles. The monoisotopic (exact) mass is 296 g/mol. The molecule has 0 saturated heterocycles. The fourth-order valence-electron chi connectivity index (χ4n) is 1.83. The second-order valence-electron chi connectivity index (χ2n) is 4.34. The van der Waals surface area contributed by atoms with Crippen molar-refractivity contribution in [2.45, 2.75) is 6.18 Å². The molecule has 0 saturated carbocycles. The number of rotatable bonds is 3. The highest BCUT2D eigenvalue weighted by molar-refractivity contribution is 5.84. The molecule has 0 amide bonds. The lowest BCUT2D eigenvalue weighted by Crippen LogP contribution is -2.10. The maximum atomic E-state index is 13.2. The molecule has 2 rings (SSSR count). The number of benzene rings is 2. The Labute approximate surface area is 119 Å². The van der Waals surface area contributed by atoms with E-state index in [1.807, 2.05) is 0 Å². The molecule has 2 aromatic carbocycles. The van der Waals surface area contributed by atoms with Gasteiger partial charge in [0.05, 0.1) is 12.7 Å². The predicted molar refractivity (Wildman–Crippen MR) is 73.3 cm³/mol. The molecular weight excluding hydrogens is 284 g/mol. The van der Waals surface area contributed by atoms with Gasteiger partial charge in [-0.25, -0.2) is 4.39 Å². The molecule has 0 radical (unpaired) electrons. The third kappa shape index (κ3) is 3.84. The quantitative estimate of drug-likeness (QED) is 0.576. The van der Waals surface area contributed by atoms with Crippen LogP contribution in [0.1, 0.15) is 11.1 Å². The topological polar surface area (TPSA) is 9.23 Å². The van der Waals surface area contributed by atoms with Crippen LogP contribution in [0, 0.1) is 5.82 Å². The van der Waals surface area contributed by atoms with Gasteiger partial charge in [-0.3, -0.25) is 0 Å². The van der Waals surface area contributed by atoms with E-state index in [0.717, 1.165) is 18.2 Å². The van der Waals surface area contributed by atoms with Gasteiger partial charge in [-0.15, -0.1) is 0 Å². The van der Waals surface area contributed by atoms with Crippen LogP contribution in [0.15, 0.2) is 48.5 Å². The second-order valence-corrected chi connectivity index (χ2v) is 4.34. The van der Waals surface area contributed by atoms with Gasteiger partial charge in [-0.2, -0.15) is 13.2 Å². The molecule has 0 spiro atoms. The Morgan fingerprint density at radius 3 is 2.00 bits per heavy atom. The van der Waals surface area contributed by atoms with Gasteiger partial charge in [-0.1, -0.05) is 24.3 Å². The van der Waals surface area contributed by atoms with Crippen LogP contribution in [0.25, 0.3) is 11.6 Å². The molecule has 0 N–H and O–H groups in total. The lowest BCUT2D eigenvalue weighted by Gasteiger charge is -2.13. The molecule has 2 aromatic rings. The van der Waals surface area contributed by atoms with Crippen LogP contribution in [-0.2, 0) is 0 Å². The van der Waals surface area contributed by atoms with Gasteiger partial charge in [0.25, 0.3) is 0 Å². The van der Waals surface area contributed by atoms with E-state index in [2.05, 4.69) is 0 Å². The standard InChI is InChI=1S/C16H12F4O/c1-21-14-8-4-12(5-9-14)15(16(18,19)20)10-11-2-6-13(17)7-3-11/h2-10H,1H3/b15-10+. The SMILES string of the molecule is COc1ccc(/C(=C\c2ccc(F)cc2)C(F)(F)F)cc1. The minimum atomic E-state index is -4.51. The molecule has 0 fully saturated rings. The summed E-state index contributed by atoms with van der Waals surface area (Å²) in [7, 11) is 1.44. The average molecular weight is 296 g/mol. The van der Waals surface area contributed by atoms with Gasteiger partial charge >= 0.3 is 6.18 Å². The normalized spacial score (nSPS) is 12.3. The van der Waals surface area contributed by atoms with Crippen LogP contribution < -0.4 is 4.74 Å². The summed E-state index contributed by atoms with van der Waals surface area (Å²) in [6.45, 7) is 0. The molecule has 0 aromatic heterocycles. The first-order chi connectivity index (χ1) is 9.90. The zero-order chi connectivity index (χ0) is 15.5. The summed E-state index contributed by atoms with van der Waals surface area (Å²) < 4.78 is 57.3. The van der Waals surface area contributed by atoms with E-state index in [4.69, 9.17) is 4.74 Å². The van der Waals surface area contributed by atoms with Crippen molar-refractivity contribution in [3.63, 3.8) is 0 Å². The fraction of sp³-hybridized carbons (Fsp3) is 0.125. The van der Waals surface area contributed by atoms with Crippen LogP contribution >= 0.6 is 0 Å². The van der Waals surface area contributed by atoms with Crippen LogP contribution in [0.2, 0.25) is 0 Å². The number of halogens is 4. The number of ether oxygens (including phenoxy) is 1. The minimum absolute atomic E-state index is 0.0209. The smallest absolute Gasteiger partial charge is 0.417 e. The molecular formula is C16H12F4O. The molecule has 0 unspecified atom stereocenters. The number of hydrogen-bond acceptors (Lipinski definition) is 1. The summed E-state index contributed by atoms with van der Waals surface area (Å²) >= 11 is 0. The molecule has 0 bridgehead atoms. The zero-order valence-electron chi connectivity index (χ0n) is 11.1. The van der Waals surface area contributed by atoms with Crippen molar-refractivity contribution in [2.24, 2.45) is 0 Å². The Balaban J connectivity index is 2.45. The predicted octanol–water partition coefficient (Wildman–Crippen LogP) is 4.94. The molecule has 5 heteroatoms. The van der Waals surface area contributed by atoms with Crippen molar-refractivity contribution in [1.29, 1.82) is 0 Å². The lowest BCUT2D eigenvalue weighted by atomic mass is 10.0. The Bertz CT molecular complexity index is 625. The maximum Gasteiger partial charge on any atom is 0.417 e. The molecule has 0 aliphatic rings. The molecule has 21 heavy (non-hydrogen) atoms. The van der Waals surface area contributed by atoms with Gasteiger partial charge < -0.3 is 4.74 Å². The van der Waals surface area contributed by atoms with Crippen LogP contribution in [0.5, 0.6) is 5.75 Å². The van der Waals surface area contributed by atoms with Gasteiger partial charge in [0.15, 0.2) is 0 Å². The first-order valence-electron chi connectivity index (χ1n) is 6.09. The highest BCUT2D eigenvalue weighted by atomic mass is 19.4. The Hall–Kier alpha value is -2.30. The summed E-state index contributed by atoms with van der Waals surface area (Å²) in [5, 5.41) is 0. The van der Waals surface area contributed by atoms with Gasteiger partial charge in [0.1, 0.15) is 11.6 Å². The highest BCUT2D eigenvalue weighted by Crippen LogP contribution is 2.36. The summed E-state index contributed by atoms with van der Waals surface area (Å²) in [5.74, 6) is -0.0211. The fourth-order valence-corrected chi connectivity index (χ4v) is 1.83. The van der Waals surface area contributed by atoms with E-state index in [9.17, 15) is 17.6 Å². The maximum absolute atomic E-state index is 13.2. The van der Waals surface area contributed by atoms with Crippen LogP contribution in [0.4, 0.5) is 17.6 Å². The number of hydrogen-bond donors (Lipinski definition) is 0. The Kier molecular flexibility index (Phi) is 4.31. The summed E-state index contributed by atoms with van der Waals surface area (Å²) in [4.78, 5) is 0. The molecule has 110 valence electrons. The number of alkyl halides is 3. The van der Waals surface area contributed by atoms with Crippen LogP contribution in [0.3, 0.4) is 0 Å². The summed E-state index contributed by atoms with van der Waals surface area (Å²) in [6, 6.07) is 10.4. The van der Waals surface area contributed by atoms with Crippen molar-refractivity contribution in [3.8, 4) is 5.75 Å². The van der Waals surface area contributed by atoms with E-state index in [1.165, 1.54) is 43.5 Å². The van der Waals surface area contributed by atoms with Crippen molar-refractivity contribution in [2.75, 3.05) is 7.11 Å². The minimum Gasteiger partial charge on any atom is -0.497 e. The Morgan fingerprint density at radius 2 is 1.52 bits per heavy atom. The van der Waals surface area contributed by atoms with Gasteiger partial charge in [0.2, 0.25) is 0 Å². The van der Waals surface area contributed by atoms with E-state index in [1.54, 1.807) is 0 Å².